The third-order valence-corrected chi connectivity index (χ3v) is 6.30. The lowest BCUT2D eigenvalue weighted by Gasteiger charge is -2.49. The molecule has 2 aliphatic rings. The van der Waals surface area contributed by atoms with Crippen LogP contribution < -0.4 is 10.1 Å². The van der Waals surface area contributed by atoms with Gasteiger partial charge in [0.25, 0.3) is 0 Å². The number of rotatable bonds is 2. The Balaban J connectivity index is 0.000000406. The zero-order chi connectivity index (χ0) is 25.1. The van der Waals surface area contributed by atoms with Crippen molar-refractivity contribution in [3.8, 4) is 5.75 Å². The summed E-state index contributed by atoms with van der Waals surface area (Å²) < 4.78 is 39.3. The molecule has 4 rings (SSSR count). The highest BCUT2D eigenvalue weighted by molar-refractivity contribution is 5.89. The molecule has 2 aromatic rings. The van der Waals surface area contributed by atoms with Crippen molar-refractivity contribution in [2.75, 3.05) is 39.1 Å². The zero-order valence-corrected chi connectivity index (χ0v) is 19.2. The number of ether oxygens (including phenoxy) is 1. The second-order valence-corrected chi connectivity index (χ2v) is 8.28. The first-order chi connectivity index (χ1) is 16.0. The predicted octanol–water partition coefficient (Wildman–Crippen LogP) is 3.30. The molecule has 1 aromatic carbocycles. The third-order valence-electron chi connectivity index (χ3n) is 6.30. The number of carboxylic acids is 1. The smallest absolute Gasteiger partial charge is 0.490 e. The van der Waals surface area contributed by atoms with Crippen molar-refractivity contribution in [2.24, 2.45) is 0 Å². The average molecular weight is 483 g/mol. The normalized spacial score (nSPS) is 17.4. The van der Waals surface area contributed by atoms with Crippen LogP contribution in [0.4, 0.5) is 23.7 Å². The summed E-state index contributed by atoms with van der Waals surface area (Å²) in [6, 6.07) is 7.39. The lowest BCUT2D eigenvalue weighted by molar-refractivity contribution is -0.192. The standard InChI is InChI=1S/C20H27N5O2.C2HF3O2/c1-15-14-21-18-20(23(2)11-12-25(15)18)7-9-24(10-8-20)19(26)22-16-5-4-6-17(13-16)27-3;3-2(4,5)1(6)7/h4-6,13-14H,7-12H2,1-3H3,(H,22,26);(H,6,7). The molecule has 186 valence electrons. The average Bonchev–Trinajstić information content (AvgIpc) is 3.18. The quantitative estimate of drug-likeness (QED) is 0.680. The lowest BCUT2D eigenvalue weighted by Crippen LogP contribution is -2.57. The summed E-state index contributed by atoms with van der Waals surface area (Å²) in [6.07, 6.45) is -1.32. The van der Waals surface area contributed by atoms with E-state index in [4.69, 9.17) is 19.6 Å². The van der Waals surface area contributed by atoms with E-state index in [0.717, 1.165) is 43.2 Å². The number of alkyl halides is 3. The van der Waals surface area contributed by atoms with E-state index >= 15 is 0 Å². The molecule has 2 N–H and O–H groups in total. The fraction of sp³-hybridized carbons (Fsp3) is 0.500. The number of urea groups is 1. The number of nitrogens with zero attached hydrogens (tertiary/aromatic N) is 4. The van der Waals surface area contributed by atoms with Crippen LogP contribution in [0.2, 0.25) is 0 Å². The van der Waals surface area contributed by atoms with Crippen molar-refractivity contribution in [3.63, 3.8) is 0 Å². The molecule has 0 unspecified atom stereocenters. The molecule has 1 fully saturated rings. The van der Waals surface area contributed by atoms with Crippen LogP contribution in [0, 0.1) is 6.92 Å². The largest absolute Gasteiger partial charge is 0.497 e. The Labute approximate surface area is 195 Å². The molecule has 1 saturated heterocycles. The number of aryl methyl sites for hydroxylation is 1. The van der Waals surface area contributed by atoms with Crippen LogP contribution in [-0.4, -0.2) is 76.4 Å². The van der Waals surface area contributed by atoms with Crippen LogP contribution >= 0.6 is 0 Å². The number of hydrogen-bond donors (Lipinski definition) is 2. The van der Waals surface area contributed by atoms with Crippen LogP contribution in [0.25, 0.3) is 0 Å². The van der Waals surface area contributed by atoms with E-state index in [0.29, 0.717) is 13.1 Å². The van der Waals surface area contributed by atoms with Gasteiger partial charge in [-0.1, -0.05) is 6.07 Å². The first-order valence-electron chi connectivity index (χ1n) is 10.7. The monoisotopic (exact) mass is 483 g/mol. The minimum absolute atomic E-state index is 0.0592. The molecule has 2 amide bonds. The molecule has 2 aliphatic heterocycles. The zero-order valence-electron chi connectivity index (χ0n) is 19.2. The molecular formula is C22H28F3N5O4. The third kappa shape index (κ3) is 5.27. The molecule has 1 aromatic heterocycles. The van der Waals surface area contributed by atoms with Gasteiger partial charge < -0.3 is 24.6 Å². The van der Waals surface area contributed by atoms with Gasteiger partial charge in [-0.15, -0.1) is 0 Å². The molecule has 12 heteroatoms. The van der Waals surface area contributed by atoms with Crippen molar-refractivity contribution in [3.05, 3.63) is 42.0 Å². The summed E-state index contributed by atoms with van der Waals surface area (Å²) in [6.45, 7) is 5.55. The number of likely N-dealkylation sites (N-methyl/N-ethyl adjacent to an activating group) is 1. The number of likely N-dealkylation sites (tertiary alicyclic amines) is 1. The number of carboxylic acid groups (broad SMARTS) is 1. The second kappa shape index (κ2) is 9.92. The Bertz CT molecular complexity index is 1030. The number of amides is 2. The fourth-order valence-electron chi connectivity index (χ4n) is 4.34. The highest BCUT2D eigenvalue weighted by Gasteiger charge is 2.46. The summed E-state index contributed by atoms with van der Waals surface area (Å²) in [5, 5.41) is 10.1. The number of aliphatic carboxylic acids is 1. The minimum atomic E-state index is -5.08. The summed E-state index contributed by atoms with van der Waals surface area (Å²) >= 11 is 0. The van der Waals surface area contributed by atoms with Crippen LogP contribution in [0.1, 0.15) is 24.4 Å². The Morgan fingerprint density at radius 3 is 2.41 bits per heavy atom. The molecule has 0 aliphatic carbocycles. The van der Waals surface area contributed by atoms with E-state index in [1.165, 1.54) is 5.69 Å². The maximum Gasteiger partial charge on any atom is 0.490 e. The first kappa shape index (κ1) is 25.3. The van der Waals surface area contributed by atoms with E-state index in [9.17, 15) is 18.0 Å². The summed E-state index contributed by atoms with van der Waals surface area (Å²) in [4.78, 5) is 30.7. The molecule has 34 heavy (non-hydrogen) atoms. The van der Waals surface area contributed by atoms with Crippen molar-refractivity contribution in [1.29, 1.82) is 0 Å². The van der Waals surface area contributed by atoms with Gasteiger partial charge in [0, 0.05) is 49.8 Å². The highest BCUT2D eigenvalue weighted by atomic mass is 19.4. The second-order valence-electron chi connectivity index (χ2n) is 8.28. The topological polar surface area (TPSA) is 99.9 Å². The van der Waals surface area contributed by atoms with Crippen molar-refractivity contribution >= 4 is 17.7 Å². The van der Waals surface area contributed by atoms with E-state index in [2.05, 4.69) is 28.8 Å². The number of fused-ring (bicyclic) bond motifs is 2. The Kier molecular flexibility index (Phi) is 7.39. The van der Waals surface area contributed by atoms with Crippen LogP contribution in [0.3, 0.4) is 0 Å². The molecular weight excluding hydrogens is 455 g/mol. The number of anilines is 1. The molecule has 0 radical (unpaired) electrons. The number of hydrogen-bond acceptors (Lipinski definition) is 5. The number of methoxy groups -OCH3 is 1. The van der Waals surface area contributed by atoms with Crippen molar-refractivity contribution < 1.29 is 32.6 Å². The fourth-order valence-corrected chi connectivity index (χ4v) is 4.34. The van der Waals surface area contributed by atoms with Gasteiger partial charge in [-0.2, -0.15) is 13.2 Å². The van der Waals surface area contributed by atoms with E-state index in [1.54, 1.807) is 7.11 Å². The van der Waals surface area contributed by atoms with Crippen LogP contribution in [0.5, 0.6) is 5.75 Å². The van der Waals surface area contributed by atoms with Crippen molar-refractivity contribution in [2.45, 2.75) is 38.0 Å². The Hall–Kier alpha value is -3.28. The Morgan fingerprint density at radius 2 is 1.82 bits per heavy atom. The maximum absolute atomic E-state index is 12.7. The first-order valence-corrected chi connectivity index (χ1v) is 10.7. The maximum atomic E-state index is 12.7. The van der Waals surface area contributed by atoms with Gasteiger partial charge in [0.05, 0.1) is 12.6 Å². The molecule has 9 nitrogen and oxygen atoms in total. The highest BCUT2D eigenvalue weighted by Crippen LogP contribution is 2.40. The van der Waals surface area contributed by atoms with E-state index in [-0.39, 0.29) is 11.6 Å². The number of halogens is 3. The summed E-state index contributed by atoms with van der Waals surface area (Å²) in [5.74, 6) is -0.870. The lowest BCUT2D eigenvalue weighted by atomic mass is 9.83. The molecule has 0 bridgehead atoms. The number of carbonyl (C=O) groups is 2. The minimum Gasteiger partial charge on any atom is -0.497 e. The summed E-state index contributed by atoms with van der Waals surface area (Å²) in [7, 11) is 3.80. The summed E-state index contributed by atoms with van der Waals surface area (Å²) in [5.41, 5.74) is 1.90. The predicted molar refractivity (Wildman–Crippen MR) is 118 cm³/mol. The van der Waals surface area contributed by atoms with Gasteiger partial charge in [0.2, 0.25) is 0 Å². The van der Waals surface area contributed by atoms with Crippen LogP contribution in [-0.2, 0) is 16.9 Å². The van der Waals surface area contributed by atoms with E-state index in [1.807, 2.05) is 35.4 Å². The number of piperidine rings is 1. The molecule has 0 saturated carbocycles. The number of imidazole rings is 1. The number of carbonyl (C=O) groups excluding carboxylic acids is 1. The SMILES string of the molecule is COc1cccc(NC(=O)N2CCC3(CC2)c2ncc(C)n2CCN3C)c1.O=C(O)C(F)(F)F. The van der Waals surface area contributed by atoms with Gasteiger partial charge in [-0.25, -0.2) is 14.6 Å². The van der Waals surface area contributed by atoms with E-state index < -0.39 is 12.1 Å². The van der Waals surface area contributed by atoms with Gasteiger partial charge in [-0.05, 0) is 38.9 Å². The van der Waals surface area contributed by atoms with Gasteiger partial charge in [0.1, 0.15) is 11.6 Å². The number of nitrogens with one attached hydrogen (secondary N) is 1. The molecule has 0 atom stereocenters. The van der Waals surface area contributed by atoms with Gasteiger partial charge >= 0.3 is 18.2 Å². The number of benzene rings is 1. The number of aromatic nitrogens is 2. The Morgan fingerprint density at radius 1 is 1.18 bits per heavy atom. The molecule has 3 heterocycles. The molecule has 1 spiro atoms. The van der Waals surface area contributed by atoms with Gasteiger partial charge in [0.15, 0.2) is 0 Å². The van der Waals surface area contributed by atoms with Gasteiger partial charge in [-0.3, -0.25) is 4.90 Å². The van der Waals surface area contributed by atoms with Crippen LogP contribution in [0.15, 0.2) is 30.5 Å². The van der Waals surface area contributed by atoms with Crippen molar-refractivity contribution in [1.82, 2.24) is 19.4 Å².